The Morgan fingerprint density at radius 2 is 1.64 bits per heavy atom. The van der Waals surface area contributed by atoms with Crippen molar-refractivity contribution in [2.75, 3.05) is 10.8 Å². The van der Waals surface area contributed by atoms with E-state index in [1.807, 2.05) is 26.0 Å². The highest BCUT2D eigenvalue weighted by Gasteiger charge is 2.34. The van der Waals surface area contributed by atoms with Gasteiger partial charge in [-0.25, -0.2) is 8.42 Å². The van der Waals surface area contributed by atoms with Crippen molar-refractivity contribution < 1.29 is 18.0 Å². The first-order valence-electron chi connectivity index (χ1n) is 14.2. The highest BCUT2D eigenvalue weighted by atomic mass is 35.5. The van der Waals surface area contributed by atoms with E-state index in [1.165, 1.54) is 17.0 Å². The number of carbonyl (C=O) groups is 2. The minimum Gasteiger partial charge on any atom is -0.352 e. The van der Waals surface area contributed by atoms with E-state index in [2.05, 4.69) is 5.32 Å². The van der Waals surface area contributed by atoms with E-state index in [9.17, 15) is 18.0 Å². The predicted octanol–water partition coefficient (Wildman–Crippen LogP) is 6.67. The predicted molar refractivity (Wildman–Crippen MR) is 168 cm³/mol. The molecule has 2 amide bonds. The molecule has 3 aromatic carbocycles. The number of sulfonamides is 1. The van der Waals surface area contributed by atoms with Gasteiger partial charge in [0.2, 0.25) is 11.8 Å². The molecule has 0 spiro atoms. The number of benzene rings is 3. The van der Waals surface area contributed by atoms with Crippen LogP contribution in [0.4, 0.5) is 5.69 Å². The van der Waals surface area contributed by atoms with E-state index in [0.717, 1.165) is 42.0 Å². The molecule has 1 atom stereocenters. The second-order valence-electron chi connectivity index (χ2n) is 10.9. The SMILES string of the molecule is Cc1ccc(N(CC(=O)N(Cc2ccc(Cl)cc2Cl)[C@@H](C)C(=O)NC2CCCCC2)S(=O)(=O)c2ccccc2)c(C)c1. The molecule has 10 heteroatoms. The molecule has 42 heavy (non-hydrogen) atoms. The molecule has 1 aliphatic rings. The Kier molecular flexibility index (Phi) is 10.6. The lowest BCUT2D eigenvalue weighted by molar-refractivity contribution is -0.139. The molecule has 1 N–H and O–H groups in total. The Bertz CT molecular complexity index is 1530. The zero-order valence-corrected chi connectivity index (χ0v) is 26.5. The molecule has 1 aliphatic carbocycles. The van der Waals surface area contributed by atoms with Crippen molar-refractivity contribution in [1.29, 1.82) is 0 Å². The van der Waals surface area contributed by atoms with Crippen molar-refractivity contribution in [3.63, 3.8) is 0 Å². The number of halogens is 2. The summed E-state index contributed by atoms with van der Waals surface area (Å²) in [5.41, 5.74) is 2.65. The highest BCUT2D eigenvalue weighted by molar-refractivity contribution is 7.92. The first kappa shape index (κ1) is 31.9. The van der Waals surface area contributed by atoms with E-state index >= 15 is 0 Å². The molecule has 1 fully saturated rings. The maximum atomic E-state index is 14.2. The van der Waals surface area contributed by atoms with Gasteiger partial charge in [-0.15, -0.1) is 0 Å². The van der Waals surface area contributed by atoms with E-state index in [1.54, 1.807) is 49.4 Å². The Hall–Kier alpha value is -3.07. The lowest BCUT2D eigenvalue weighted by atomic mass is 9.95. The minimum atomic E-state index is -4.13. The van der Waals surface area contributed by atoms with Gasteiger partial charge in [0, 0.05) is 22.6 Å². The van der Waals surface area contributed by atoms with Crippen molar-refractivity contribution in [2.24, 2.45) is 0 Å². The largest absolute Gasteiger partial charge is 0.352 e. The summed E-state index contributed by atoms with van der Waals surface area (Å²) >= 11 is 12.6. The standard InChI is InChI=1S/C32H37Cl2N3O4S/c1-22-14-17-30(23(2)18-22)37(42(40,41)28-12-8-5-9-13-28)21-31(38)36(20-25-15-16-26(33)19-29(25)34)24(3)32(39)35-27-10-6-4-7-11-27/h5,8-9,12-19,24,27H,4,6-7,10-11,20-21H2,1-3H3,(H,35,39)/t24-/m0/s1. The topological polar surface area (TPSA) is 86.8 Å². The molecule has 4 rings (SSSR count). The van der Waals surface area contributed by atoms with Crippen LogP contribution in [-0.2, 0) is 26.2 Å². The third kappa shape index (κ3) is 7.65. The Morgan fingerprint density at radius 1 is 0.952 bits per heavy atom. The fourth-order valence-electron chi connectivity index (χ4n) is 5.30. The van der Waals surface area contributed by atoms with Crippen molar-refractivity contribution in [2.45, 2.75) is 76.4 Å². The average Bonchev–Trinajstić information content (AvgIpc) is 2.96. The number of nitrogens with one attached hydrogen (secondary N) is 1. The van der Waals surface area contributed by atoms with Crippen molar-refractivity contribution in [1.82, 2.24) is 10.2 Å². The molecule has 0 saturated heterocycles. The molecule has 1 saturated carbocycles. The van der Waals surface area contributed by atoms with Gasteiger partial charge in [0.25, 0.3) is 10.0 Å². The van der Waals surface area contributed by atoms with Gasteiger partial charge in [-0.3, -0.25) is 13.9 Å². The van der Waals surface area contributed by atoms with Crippen LogP contribution in [-0.4, -0.2) is 43.8 Å². The lowest BCUT2D eigenvalue weighted by Gasteiger charge is -2.33. The number of amides is 2. The van der Waals surface area contributed by atoms with Crippen LogP contribution in [0.2, 0.25) is 10.0 Å². The number of aryl methyl sites for hydroxylation is 2. The van der Waals surface area contributed by atoms with Crippen molar-refractivity contribution in [3.8, 4) is 0 Å². The molecular weight excluding hydrogens is 593 g/mol. The van der Waals surface area contributed by atoms with Crippen LogP contribution in [0.5, 0.6) is 0 Å². The monoisotopic (exact) mass is 629 g/mol. The minimum absolute atomic E-state index is 0.000192. The number of carbonyl (C=O) groups excluding carboxylic acids is 2. The zero-order valence-electron chi connectivity index (χ0n) is 24.1. The summed E-state index contributed by atoms with van der Waals surface area (Å²) in [6.07, 6.45) is 5.03. The zero-order chi connectivity index (χ0) is 30.4. The van der Waals surface area contributed by atoms with Gasteiger partial charge in [0.15, 0.2) is 0 Å². The molecule has 0 bridgehead atoms. The smallest absolute Gasteiger partial charge is 0.264 e. The molecule has 3 aromatic rings. The summed E-state index contributed by atoms with van der Waals surface area (Å²) in [6, 6.07) is 17.5. The third-order valence-corrected chi connectivity index (χ3v) is 10.1. The Labute approximate surface area is 258 Å². The fourth-order valence-corrected chi connectivity index (χ4v) is 7.27. The molecule has 224 valence electrons. The molecule has 0 unspecified atom stereocenters. The molecule has 0 heterocycles. The molecule has 0 radical (unpaired) electrons. The van der Waals surface area contributed by atoms with Crippen LogP contribution in [0.25, 0.3) is 0 Å². The molecule has 0 aromatic heterocycles. The van der Waals surface area contributed by atoms with Crippen molar-refractivity contribution >= 4 is 50.7 Å². The second kappa shape index (κ2) is 13.9. The molecule has 7 nitrogen and oxygen atoms in total. The van der Waals surface area contributed by atoms with Gasteiger partial charge < -0.3 is 10.2 Å². The van der Waals surface area contributed by atoms with Gasteiger partial charge in [0.1, 0.15) is 12.6 Å². The summed E-state index contributed by atoms with van der Waals surface area (Å²) in [5, 5.41) is 3.90. The fraction of sp³-hybridized carbons (Fsp3) is 0.375. The van der Waals surface area contributed by atoms with Crippen LogP contribution in [0.15, 0.2) is 71.6 Å². The van der Waals surface area contributed by atoms with Gasteiger partial charge in [-0.2, -0.15) is 0 Å². The summed E-state index contributed by atoms with van der Waals surface area (Å²) in [6.45, 7) is 4.88. The van der Waals surface area contributed by atoms with Crippen LogP contribution in [0.3, 0.4) is 0 Å². The normalized spacial score (nSPS) is 14.7. The van der Waals surface area contributed by atoms with Gasteiger partial charge in [-0.1, -0.05) is 84.4 Å². The Balaban J connectivity index is 1.71. The highest BCUT2D eigenvalue weighted by Crippen LogP contribution is 2.29. The van der Waals surface area contributed by atoms with Crippen LogP contribution < -0.4 is 9.62 Å². The quantitative estimate of drug-likeness (QED) is 0.271. The van der Waals surface area contributed by atoms with Crippen molar-refractivity contribution in [3.05, 3.63) is 93.5 Å². The van der Waals surface area contributed by atoms with Crippen LogP contribution >= 0.6 is 23.2 Å². The van der Waals surface area contributed by atoms with E-state index in [-0.39, 0.29) is 23.4 Å². The third-order valence-electron chi connectivity index (χ3n) is 7.71. The average molecular weight is 631 g/mol. The summed E-state index contributed by atoms with van der Waals surface area (Å²) in [5.74, 6) is -0.823. The Morgan fingerprint density at radius 3 is 2.29 bits per heavy atom. The maximum absolute atomic E-state index is 14.2. The summed E-state index contributed by atoms with van der Waals surface area (Å²) < 4.78 is 29.1. The van der Waals surface area contributed by atoms with E-state index < -0.39 is 28.5 Å². The number of hydrogen-bond donors (Lipinski definition) is 1. The van der Waals surface area contributed by atoms with Crippen LogP contribution in [0, 0.1) is 13.8 Å². The van der Waals surface area contributed by atoms with Gasteiger partial charge in [-0.05, 0) is 75.1 Å². The summed E-state index contributed by atoms with van der Waals surface area (Å²) in [4.78, 5) is 29.1. The molecule has 0 aliphatic heterocycles. The number of nitrogens with zero attached hydrogens (tertiary/aromatic N) is 2. The van der Waals surface area contributed by atoms with Gasteiger partial charge in [0.05, 0.1) is 10.6 Å². The number of anilines is 1. The first-order valence-corrected chi connectivity index (χ1v) is 16.4. The lowest BCUT2D eigenvalue weighted by Crippen LogP contribution is -2.53. The molecular formula is C32H37Cl2N3O4S. The maximum Gasteiger partial charge on any atom is 0.264 e. The van der Waals surface area contributed by atoms with E-state index in [4.69, 9.17) is 23.2 Å². The first-order chi connectivity index (χ1) is 20.0. The van der Waals surface area contributed by atoms with Crippen LogP contribution in [0.1, 0.15) is 55.7 Å². The second-order valence-corrected chi connectivity index (χ2v) is 13.6. The number of rotatable bonds is 10. The summed E-state index contributed by atoms with van der Waals surface area (Å²) in [7, 11) is -4.13. The number of hydrogen-bond acceptors (Lipinski definition) is 4. The van der Waals surface area contributed by atoms with E-state index in [0.29, 0.717) is 26.9 Å². The van der Waals surface area contributed by atoms with Gasteiger partial charge >= 0.3 is 0 Å².